The highest BCUT2D eigenvalue weighted by Gasteiger charge is 1.94. The maximum Gasteiger partial charge on any atom is 0.158 e. The number of unbranched alkanes of at least 4 members (excludes halogenated alkanes) is 1. The molecule has 0 rings (SSSR count). The lowest BCUT2D eigenvalue weighted by Crippen LogP contribution is -1.69. The Hall–Kier alpha value is -0.920. The van der Waals surface area contributed by atoms with E-state index in [4.69, 9.17) is 0 Å². The Morgan fingerprint density at radius 2 is 2.09 bits per heavy atom. The number of halogens is 2. The van der Waals surface area contributed by atoms with E-state index in [0.717, 1.165) is 18.9 Å². The molecule has 0 aliphatic heterocycles. The standard InChI is InChI=1S/C9H12F2/c1-3-4-5-6-7-9(11)8(2)10/h5-7H,2-4H2,1H3/b6-5-,9-7+. The molecule has 62 valence electrons. The van der Waals surface area contributed by atoms with Crippen LogP contribution in [-0.4, -0.2) is 0 Å². The zero-order valence-electron chi connectivity index (χ0n) is 6.61. The fraction of sp³-hybridized carbons (Fsp3) is 0.333. The van der Waals surface area contributed by atoms with Crippen LogP contribution in [0.4, 0.5) is 8.78 Å². The SMILES string of the molecule is C=C(F)/C(F)=C\C=C/CCC. The lowest BCUT2D eigenvalue weighted by atomic mass is 10.3. The van der Waals surface area contributed by atoms with E-state index in [0.29, 0.717) is 0 Å². The van der Waals surface area contributed by atoms with Gasteiger partial charge >= 0.3 is 0 Å². The molecule has 2 heteroatoms. The fourth-order valence-corrected chi connectivity index (χ4v) is 0.506. The quantitative estimate of drug-likeness (QED) is 0.547. The first-order valence-corrected chi connectivity index (χ1v) is 3.55. The molecule has 0 spiro atoms. The predicted molar refractivity (Wildman–Crippen MR) is 43.5 cm³/mol. The van der Waals surface area contributed by atoms with Crippen molar-refractivity contribution in [2.45, 2.75) is 19.8 Å². The molecule has 0 unspecified atom stereocenters. The molecule has 0 nitrogen and oxygen atoms in total. The van der Waals surface area contributed by atoms with Gasteiger partial charge in [0.05, 0.1) is 0 Å². The Labute approximate surface area is 65.9 Å². The van der Waals surface area contributed by atoms with E-state index >= 15 is 0 Å². The Balaban J connectivity index is 3.81. The topological polar surface area (TPSA) is 0 Å². The first-order valence-electron chi connectivity index (χ1n) is 3.55. The van der Waals surface area contributed by atoms with Gasteiger partial charge in [-0.3, -0.25) is 0 Å². The molecule has 0 radical (unpaired) electrons. The molecule has 0 aromatic carbocycles. The van der Waals surface area contributed by atoms with Gasteiger partial charge in [-0.05, 0) is 12.5 Å². The maximum atomic E-state index is 12.3. The van der Waals surface area contributed by atoms with Crippen LogP contribution in [-0.2, 0) is 0 Å². The van der Waals surface area contributed by atoms with Gasteiger partial charge in [0.15, 0.2) is 11.7 Å². The number of rotatable bonds is 4. The molecular formula is C9H12F2. The summed E-state index contributed by atoms with van der Waals surface area (Å²) >= 11 is 0. The van der Waals surface area contributed by atoms with Crippen molar-refractivity contribution in [2.24, 2.45) is 0 Å². The highest BCUT2D eigenvalue weighted by atomic mass is 19.2. The van der Waals surface area contributed by atoms with E-state index in [1.54, 1.807) is 6.08 Å². The second-order valence-electron chi connectivity index (χ2n) is 2.14. The van der Waals surface area contributed by atoms with Crippen LogP contribution in [0.2, 0.25) is 0 Å². The van der Waals surface area contributed by atoms with Gasteiger partial charge in [0.25, 0.3) is 0 Å². The zero-order chi connectivity index (χ0) is 8.69. The Morgan fingerprint density at radius 1 is 1.45 bits per heavy atom. The third-order valence-electron chi connectivity index (χ3n) is 1.09. The largest absolute Gasteiger partial charge is 0.204 e. The summed E-state index contributed by atoms with van der Waals surface area (Å²) < 4.78 is 24.2. The molecule has 0 aromatic rings. The summed E-state index contributed by atoms with van der Waals surface area (Å²) in [5, 5.41) is 0. The van der Waals surface area contributed by atoms with Crippen molar-refractivity contribution in [3.05, 3.63) is 36.5 Å². The molecule has 0 bridgehead atoms. The molecule has 0 N–H and O–H groups in total. The van der Waals surface area contributed by atoms with Gasteiger partial charge in [-0.25, -0.2) is 8.78 Å². The van der Waals surface area contributed by atoms with Crippen LogP contribution >= 0.6 is 0 Å². The first kappa shape index (κ1) is 10.1. The highest BCUT2D eigenvalue weighted by Crippen LogP contribution is 2.09. The second-order valence-corrected chi connectivity index (χ2v) is 2.14. The summed E-state index contributed by atoms with van der Waals surface area (Å²) in [7, 11) is 0. The predicted octanol–water partition coefficient (Wildman–Crippen LogP) is 3.68. The van der Waals surface area contributed by atoms with Crippen LogP contribution in [0, 0.1) is 0 Å². The van der Waals surface area contributed by atoms with Crippen LogP contribution in [0.25, 0.3) is 0 Å². The van der Waals surface area contributed by atoms with Crippen molar-refractivity contribution in [3.63, 3.8) is 0 Å². The second kappa shape index (κ2) is 5.83. The van der Waals surface area contributed by atoms with E-state index in [1.165, 1.54) is 6.08 Å². The van der Waals surface area contributed by atoms with Gasteiger partial charge in [0.1, 0.15) is 0 Å². The van der Waals surface area contributed by atoms with Crippen molar-refractivity contribution in [3.8, 4) is 0 Å². The van der Waals surface area contributed by atoms with Crippen LogP contribution in [0.5, 0.6) is 0 Å². The summed E-state index contributed by atoms with van der Waals surface area (Å²) in [5.74, 6) is -1.93. The number of hydrogen-bond acceptors (Lipinski definition) is 0. The average molecular weight is 158 g/mol. The highest BCUT2D eigenvalue weighted by molar-refractivity contribution is 5.20. The molecule has 0 aliphatic carbocycles. The molecule has 0 fully saturated rings. The molecule has 0 aromatic heterocycles. The number of allylic oxidation sites excluding steroid dienone is 5. The van der Waals surface area contributed by atoms with Crippen molar-refractivity contribution < 1.29 is 8.78 Å². The summed E-state index contributed by atoms with van der Waals surface area (Å²) in [6.45, 7) is 4.82. The van der Waals surface area contributed by atoms with E-state index in [9.17, 15) is 8.78 Å². The fourth-order valence-electron chi connectivity index (χ4n) is 0.506. The van der Waals surface area contributed by atoms with E-state index in [1.807, 2.05) is 6.92 Å². The Kier molecular flexibility index (Phi) is 5.35. The normalized spacial score (nSPS) is 12.5. The minimum atomic E-state index is -1.02. The number of hydrogen-bond donors (Lipinski definition) is 0. The van der Waals surface area contributed by atoms with E-state index in [2.05, 4.69) is 6.58 Å². The van der Waals surface area contributed by atoms with Crippen molar-refractivity contribution in [1.29, 1.82) is 0 Å². The van der Waals surface area contributed by atoms with Gasteiger partial charge in [0.2, 0.25) is 0 Å². The van der Waals surface area contributed by atoms with Gasteiger partial charge in [0, 0.05) is 0 Å². The third-order valence-corrected chi connectivity index (χ3v) is 1.09. The van der Waals surface area contributed by atoms with Crippen LogP contribution < -0.4 is 0 Å². The van der Waals surface area contributed by atoms with Crippen molar-refractivity contribution in [1.82, 2.24) is 0 Å². The lowest BCUT2D eigenvalue weighted by Gasteiger charge is -1.85. The van der Waals surface area contributed by atoms with Crippen LogP contribution in [0.1, 0.15) is 19.8 Å². The first-order chi connectivity index (χ1) is 5.18. The van der Waals surface area contributed by atoms with E-state index in [-0.39, 0.29) is 0 Å². The molecule has 0 aliphatic rings. The van der Waals surface area contributed by atoms with Gasteiger partial charge in [-0.1, -0.05) is 32.1 Å². The Bertz CT molecular complexity index is 178. The average Bonchev–Trinajstić information content (AvgIpc) is 1.97. The summed E-state index contributed by atoms with van der Waals surface area (Å²) in [4.78, 5) is 0. The molecule has 11 heavy (non-hydrogen) atoms. The lowest BCUT2D eigenvalue weighted by molar-refractivity contribution is 0.548. The minimum absolute atomic E-state index is 0.878. The summed E-state index contributed by atoms with van der Waals surface area (Å²) in [5.41, 5.74) is 0. The molecule has 0 atom stereocenters. The van der Waals surface area contributed by atoms with Gasteiger partial charge < -0.3 is 0 Å². The molecule has 0 saturated carbocycles. The van der Waals surface area contributed by atoms with Crippen LogP contribution in [0.3, 0.4) is 0 Å². The molecule has 0 heterocycles. The van der Waals surface area contributed by atoms with Crippen LogP contribution in [0.15, 0.2) is 36.5 Å². The van der Waals surface area contributed by atoms with Crippen molar-refractivity contribution >= 4 is 0 Å². The minimum Gasteiger partial charge on any atom is -0.204 e. The third kappa shape index (κ3) is 5.52. The smallest absolute Gasteiger partial charge is 0.158 e. The Morgan fingerprint density at radius 3 is 2.55 bits per heavy atom. The molecule has 0 saturated heterocycles. The monoisotopic (exact) mass is 158 g/mol. The van der Waals surface area contributed by atoms with Crippen molar-refractivity contribution in [2.75, 3.05) is 0 Å². The van der Waals surface area contributed by atoms with E-state index < -0.39 is 11.7 Å². The van der Waals surface area contributed by atoms with Gasteiger partial charge in [-0.2, -0.15) is 0 Å². The van der Waals surface area contributed by atoms with Gasteiger partial charge in [-0.15, -0.1) is 0 Å². The maximum absolute atomic E-state index is 12.3. The molecule has 0 amide bonds. The summed E-state index contributed by atoms with van der Waals surface area (Å²) in [6, 6.07) is 0. The molecular weight excluding hydrogens is 146 g/mol. The summed E-state index contributed by atoms with van der Waals surface area (Å²) in [6.07, 6.45) is 6.22. The zero-order valence-corrected chi connectivity index (χ0v) is 6.61.